The monoisotopic (exact) mass is 313 g/mol. The molecule has 0 radical (unpaired) electrons. The highest BCUT2D eigenvalue weighted by Crippen LogP contribution is 2.30. The van der Waals surface area contributed by atoms with Gasteiger partial charge in [0.25, 0.3) is 0 Å². The molecule has 1 aromatic heterocycles. The second-order valence-corrected chi connectivity index (χ2v) is 5.62. The predicted molar refractivity (Wildman–Crippen MR) is 73.8 cm³/mol. The van der Waals surface area contributed by atoms with E-state index in [-0.39, 0.29) is 11.9 Å². The maximum absolute atomic E-state index is 13.2. The second kappa shape index (κ2) is 5.29. The molecule has 0 saturated carbocycles. The van der Waals surface area contributed by atoms with Crippen LogP contribution >= 0.6 is 27.3 Å². The van der Waals surface area contributed by atoms with Crippen LogP contribution in [0.25, 0.3) is 0 Å². The fourth-order valence-corrected chi connectivity index (χ4v) is 3.19. The van der Waals surface area contributed by atoms with Crippen molar-refractivity contribution in [2.45, 2.75) is 19.4 Å². The third-order valence-corrected chi connectivity index (χ3v) is 4.40. The van der Waals surface area contributed by atoms with Crippen molar-refractivity contribution in [3.05, 3.63) is 55.9 Å². The van der Waals surface area contributed by atoms with E-state index in [9.17, 15) is 4.39 Å². The zero-order valence-corrected chi connectivity index (χ0v) is 11.8. The quantitative estimate of drug-likeness (QED) is 0.900. The van der Waals surface area contributed by atoms with E-state index < -0.39 is 0 Å². The summed E-state index contributed by atoms with van der Waals surface area (Å²) in [7, 11) is 0. The van der Waals surface area contributed by atoms with Gasteiger partial charge < -0.3 is 5.73 Å². The summed E-state index contributed by atoms with van der Waals surface area (Å²) in [6, 6.07) is 6.85. The summed E-state index contributed by atoms with van der Waals surface area (Å²) >= 11 is 4.84. The maximum atomic E-state index is 13.2. The number of benzene rings is 1. The summed E-state index contributed by atoms with van der Waals surface area (Å²) in [5.41, 5.74) is 8.42. The van der Waals surface area contributed by atoms with E-state index in [0.29, 0.717) is 4.47 Å². The molecule has 4 heteroatoms. The Labute approximate surface area is 113 Å². The largest absolute Gasteiger partial charge is 0.320 e. The summed E-state index contributed by atoms with van der Waals surface area (Å²) < 4.78 is 13.6. The Morgan fingerprint density at radius 3 is 2.82 bits per heavy atom. The lowest BCUT2D eigenvalue weighted by atomic mass is 10.0. The lowest BCUT2D eigenvalue weighted by molar-refractivity contribution is 0.619. The topological polar surface area (TPSA) is 26.0 Å². The molecule has 1 aromatic carbocycles. The van der Waals surface area contributed by atoms with Crippen LogP contribution in [0.4, 0.5) is 4.39 Å². The normalized spacial score (nSPS) is 12.7. The average Bonchev–Trinajstić information content (AvgIpc) is 2.80. The highest BCUT2D eigenvalue weighted by molar-refractivity contribution is 9.10. The molecule has 1 atom stereocenters. The first-order chi connectivity index (χ1) is 8.13. The fraction of sp³-hybridized carbons (Fsp3) is 0.231. The molecule has 0 aliphatic rings. The van der Waals surface area contributed by atoms with Crippen LogP contribution in [0.15, 0.2) is 34.1 Å². The summed E-state index contributed by atoms with van der Waals surface area (Å²) in [4.78, 5) is 1.16. The van der Waals surface area contributed by atoms with Gasteiger partial charge in [-0.2, -0.15) is 0 Å². The van der Waals surface area contributed by atoms with Gasteiger partial charge in [0.1, 0.15) is 5.82 Å². The third kappa shape index (κ3) is 2.59. The Morgan fingerprint density at radius 1 is 1.41 bits per heavy atom. The Balaban J connectivity index is 2.36. The van der Waals surface area contributed by atoms with E-state index in [4.69, 9.17) is 5.73 Å². The van der Waals surface area contributed by atoms with Gasteiger partial charge in [-0.3, -0.25) is 0 Å². The molecule has 2 rings (SSSR count). The average molecular weight is 314 g/mol. The predicted octanol–water partition coefficient (Wildman–Crippen LogP) is 4.26. The molecular formula is C13H13BrFNS. The van der Waals surface area contributed by atoms with Crippen LogP contribution < -0.4 is 5.73 Å². The number of nitrogens with two attached hydrogens (primary N) is 1. The molecule has 0 saturated heterocycles. The maximum Gasteiger partial charge on any atom is 0.137 e. The van der Waals surface area contributed by atoms with Crippen molar-refractivity contribution < 1.29 is 4.39 Å². The molecule has 2 N–H and O–H groups in total. The zero-order chi connectivity index (χ0) is 12.4. The molecule has 0 bridgehead atoms. The summed E-state index contributed by atoms with van der Waals surface area (Å²) in [6.45, 7) is 2.11. The highest BCUT2D eigenvalue weighted by atomic mass is 79.9. The van der Waals surface area contributed by atoms with E-state index in [1.54, 1.807) is 23.5 Å². The lowest BCUT2D eigenvalue weighted by Gasteiger charge is -2.13. The van der Waals surface area contributed by atoms with Gasteiger partial charge in [-0.25, -0.2) is 4.39 Å². The van der Waals surface area contributed by atoms with Crippen LogP contribution in [0, 0.1) is 5.82 Å². The SMILES string of the molecule is CCc1ccsc1C(N)c1ccc(F)c(Br)c1. The number of aryl methyl sites for hydroxylation is 1. The molecule has 0 spiro atoms. The molecule has 1 heterocycles. The fourth-order valence-electron chi connectivity index (χ4n) is 1.77. The van der Waals surface area contributed by atoms with E-state index in [0.717, 1.165) is 16.9 Å². The van der Waals surface area contributed by atoms with Crippen LogP contribution in [-0.4, -0.2) is 0 Å². The van der Waals surface area contributed by atoms with Crippen molar-refractivity contribution in [3.8, 4) is 0 Å². The van der Waals surface area contributed by atoms with Crippen molar-refractivity contribution in [2.24, 2.45) is 5.73 Å². The number of halogens is 2. The molecule has 17 heavy (non-hydrogen) atoms. The van der Waals surface area contributed by atoms with Gasteiger partial charge in [-0.1, -0.05) is 13.0 Å². The van der Waals surface area contributed by atoms with Crippen LogP contribution in [0.3, 0.4) is 0 Å². The molecule has 0 aliphatic heterocycles. The van der Waals surface area contributed by atoms with E-state index >= 15 is 0 Å². The first kappa shape index (κ1) is 12.7. The van der Waals surface area contributed by atoms with Crippen LogP contribution in [0.1, 0.15) is 29.0 Å². The van der Waals surface area contributed by atoms with E-state index in [2.05, 4.69) is 28.9 Å². The van der Waals surface area contributed by atoms with Crippen LogP contribution in [-0.2, 0) is 6.42 Å². The van der Waals surface area contributed by atoms with Crippen molar-refractivity contribution in [3.63, 3.8) is 0 Å². The van der Waals surface area contributed by atoms with E-state index in [1.165, 1.54) is 11.6 Å². The Morgan fingerprint density at radius 2 is 2.18 bits per heavy atom. The minimum absolute atomic E-state index is 0.179. The lowest BCUT2D eigenvalue weighted by Crippen LogP contribution is -2.12. The number of thiophene rings is 1. The van der Waals surface area contributed by atoms with Gasteiger partial charge in [-0.15, -0.1) is 11.3 Å². The second-order valence-electron chi connectivity index (χ2n) is 3.81. The van der Waals surface area contributed by atoms with Crippen molar-refractivity contribution in [1.29, 1.82) is 0 Å². The van der Waals surface area contributed by atoms with E-state index in [1.807, 2.05) is 5.38 Å². The number of hydrogen-bond donors (Lipinski definition) is 1. The van der Waals surface area contributed by atoms with Gasteiger partial charge in [0.2, 0.25) is 0 Å². The summed E-state index contributed by atoms with van der Waals surface area (Å²) in [5.74, 6) is -0.261. The standard InChI is InChI=1S/C13H13BrFNS/c1-2-8-5-6-17-13(8)12(16)9-3-4-11(15)10(14)7-9/h3-7,12H,2,16H2,1H3. The zero-order valence-electron chi connectivity index (χ0n) is 9.41. The van der Waals surface area contributed by atoms with Crippen molar-refractivity contribution >= 4 is 27.3 Å². The van der Waals surface area contributed by atoms with Crippen molar-refractivity contribution in [1.82, 2.24) is 0 Å². The smallest absolute Gasteiger partial charge is 0.137 e. The molecule has 90 valence electrons. The molecular weight excluding hydrogens is 301 g/mol. The molecule has 1 unspecified atom stereocenters. The highest BCUT2D eigenvalue weighted by Gasteiger charge is 2.15. The van der Waals surface area contributed by atoms with Crippen LogP contribution in [0.5, 0.6) is 0 Å². The minimum atomic E-state index is -0.261. The number of hydrogen-bond acceptors (Lipinski definition) is 2. The van der Waals surface area contributed by atoms with Crippen LogP contribution in [0.2, 0.25) is 0 Å². The molecule has 2 aromatic rings. The summed E-state index contributed by atoms with van der Waals surface area (Å²) in [5, 5.41) is 2.05. The molecule has 0 amide bonds. The minimum Gasteiger partial charge on any atom is -0.320 e. The number of rotatable bonds is 3. The van der Waals surface area contributed by atoms with Gasteiger partial charge in [0.15, 0.2) is 0 Å². The van der Waals surface area contributed by atoms with Gasteiger partial charge in [-0.05, 0) is 57.1 Å². The first-order valence-electron chi connectivity index (χ1n) is 5.40. The molecule has 0 fully saturated rings. The van der Waals surface area contributed by atoms with Gasteiger partial charge in [0.05, 0.1) is 10.5 Å². The van der Waals surface area contributed by atoms with Crippen molar-refractivity contribution in [2.75, 3.05) is 0 Å². The first-order valence-corrected chi connectivity index (χ1v) is 7.07. The van der Waals surface area contributed by atoms with Gasteiger partial charge >= 0.3 is 0 Å². The third-order valence-electron chi connectivity index (χ3n) is 2.75. The Bertz CT molecular complexity index is 524. The molecule has 0 aliphatic carbocycles. The summed E-state index contributed by atoms with van der Waals surface area (Å²) in [6.07, 6.45) is 0.967. The Kier molecular flexibility index (Phi) is 3.97. The van der Waals surface area contributed by atoms with Gasteiger partial charge in [0, 0.05) is 4.88 Å². The molecule has 1 nitrogen and oxygen atoms in total. The Hall–Kier alpha value is -0.710.